The van der Waals surface area contributed by atoms with Crippen LogP contribution < -0.4 is 9.64 Å². The second-order valence-electron chi connectivity index (χ2n) is 10.8. The average Bonchev–Trinajstić information content (AvgIpc) is 3.80. The van der Waals surface area contributed by atoms with Gasteiger partial charge in [-0.25, -0.2) is 0 Å². The zero-order chi connectivity index (χ0) is 28.8. The van der Waals surface area contributed by atoms with Crippen LogP contribution in [0.1, 0.15) is 13.8 Å². The highest BCUT2D eigenvalue weighted by atomic mass is 32.1. The Labute approximate surface area is 261 Å². The van der Waals surface area contributed by atoms with Gasteiger partial charge in [-0.3, -0.25) is 4.98 Å². The first-order valence-corrected chi connectivity index (χ1v) is 16.9. The topological polar surface area (TPSA) is 51.1 Å². The van der Waals surface area contributed by atoms with Crippen molar-refractivity contribution in [2.45, 2.75) is 13.8 Å². The summed E-state index contributed by atoms with van der Waals surface area (Å²) >= 11 is 6.59. The van der Waals surface area contributed by atoms with Gasteiger partial charge in [-0.1, -0.05) is 26.0 Å². The third-order valence-corrected chi connectivity index (χ3v) is 11.0. The number of aromatic nitrogens is 3. The Hall–Kier alpha value is -3.63. The number of hydrogen-bond donors (Lipinski definition) is 0. The van der Waals surface area contributed by atoms with Crippen LogP contribution in [0.2, 0.25) is 0 Å². The van der Waals surface area contributed by atoms with E-state index in [1.165, 1.54) is 47.7 Å². The Kier molecular flexibility index (Phi) is 7.27. The molecule has 0 unspecified atom stereocenters. The van der Waals surface area contributed by atoms with Crippen molar-refractivity contribution in [1.82, 2.24) is 13.7 Å². The molecule has 0 aliphatic heterocycles. The largest absolute Gasteiger partial charge is 0.493 e. The van der Waals surface area contributed by atoms with Gasteiger partial charge in [0.15, 0.2) is 0 Å². The van der Waals surface area contributed by atoms with Crippen LogP contribution in [0, 0.1) is 5.92 Å². The van der Waals surface area contributed by atoms with Gasteiger partial charge in [0.2, 0.25) is 0 Å². The molecule has 42 heavy (non-hydrogen) atoms. The fraction of sp³-hybridized carbons (Fsp3) is 0.182. The lowest BCUT2D eigenvalue weighted by Crippen LogP contribution is -2.07. The minimum Gasteiger partial charge on any atom is -0.493 e. The van der Waals surface area contributed by atoms with Crippen molar-refractivity contribution >= 4 is 71.9 Å². The van der Waals surface area contributed by atoms with Crippen LogP contribution in [0.25, 0.3) is 62.3 Å². The van der Waals surface area contributed by atoms with Crippen molar-refractivity contribution in [2.75, 3.05) is 25.6 Å². The van der Waals surface area contributed by atoms with Crippen molar-refractivity contribution in [3.63, 3.8) is 0 Å². The average molecular weight is 625 g/mol. The molecule has 0 saturated heterocycles. The highest BCUT2D eigenvalue weighted by Crippen LogP contribution is 2.44. The summed E-state index contributed by atoms with van der Waals surface area (Å²) in [5.41, 5.74) is 7.33. The van der Waals surface area contributed by atoms with E-state index in [1.54, 1.807) is 22.7 Å². The van der Waals surface area contributed by atoms with Gasteiger partial charge in [0.25, 0.3) is 0 Å². The molecule has 0 aliphatic rings. The summed E-state index contributed by atoms with van der Waals surface area (Å²) in [5.74, 6) is 1.41. The Morgan fingerprint density at radius 1 is 0.714 bits per heavy atom. The van der Waals surface area contributed by atoms with Gasteiger partial charge in [-0.2, -0.15) is 8.75 Å². The van der Waals surface area contributed by atoms with Gasteiger partial charge < -0.3 is 9.64 Å². The maximum Gasteiger partial charge on any atom is 0.132 e. The summed E-state index contributed by atoms with van der Waals surface area (Å²) in [6, 6.07) is 25.9. The van der Waals surface area contributed by atoms with Gasteiger partial charge in [-0.15, -0.1) is 34.0 Å². The molecule has 210 valence electrons. The van der Waals surface area contributed by atoms with Gasteiger partial charge >= 0.3 is 0 Å². The van der Waals surface area contributed by atoms with Crippen LogP contribution in [-0.4, -0.2) is 34.4 Å². The maximum atomic E-state index is 5.85. The first-order valence-electron chi connectivity index (χ1n) is 13.7. The molecule has 5 aromatic heterocycles. The van der Waals surface area contributed by atoms with Crippen LogP contribution in [-0.2, 0) is 0 Å². The number of rotatable bonds is 8. The van der Waals surface area contributed by atoms with Crippen LogP contribution in [0.15, 0.2) is 79.0 Å². The summed E-state index contributed by atoms with van der Waals surface area (Å²) < 4.78 is 17.8. The van der Waals surface area contributed by atoms with Crippen LogP contribution in [0.5, 0.6) is 5.75 Å². The van der Waals surface area contributed by atoms with Gasteiger partial charge in [0, 0.05) is 55.6 Å². The summed E-state index contributed by atoms with van der Waals surface area (Å²) in [6.45, 7) is 5.03. The van der Waals surface area contributed by atoms with E-state index in [0.717, 1.165) is 44.4 Å². The molecule has 5 heterocycles. The molecule has 7 rings (SSSR count). The third kappa shape index (κ3) is 5.22. The lowest BCUT2D eigenvalue weighted by Gasteiger charge is -2.12. The fourth-order valence-electron chi connectivity index (χ4n) is 4.77. The summed E-state index contributed by atoms with van der Waals surface area (Å²) in [6.07, 6.45) is 1.96. The number of anilines is 1. The first kappa shape index (κ1) is 27.2. The monoisotopic (exact) mass is 624 g/mol. The number of benzene rings is 2. The predicted molar refractivity (Wildman–Crippen MR) is 183 cm³/mol. The third-order valence-electron chi connectivity index (χ3n) is 6.99. The Morgan fingerprint density at radius 2 is 1.36 bits per heavy atom. The van der Waals surface area contributed by atoms with Gasteiger partial charge in [0.05, 0.1) is 23.2 Å². The van der Waals surface area contributed by atoms with Crippen molar-refractivity contribution in [1.29, 1.82) is 0 Å². The zero-order valence-corrected chi connectivity index (χ0v) is 26.9. The minimum absolute atomic E-state index is 0.502. The van der Waals surface area contributed by atoms with E-state index >= 15 is 0 Å². The predicted octanol–water partition coefficient (Wildman–Crippen LogP) is 10.2. The molecule has 0 amide bonds. The number of fused-ring (bicyclic) bond motifs is 2. The normalized spacial score (nSPS) is 11.6. The van der Waals surface area contributed by atoms with Crippen molar-refractivity contribution < 1.29 is 4.74 Å². The van der Waals surface area contributed by atoms with Crippen LogP contribution in [0.3, 0.4) is 0 Å². The van der Waals surface area contributed by atoms with Gasteiger partial charge in [0.1, 0.15) is 22.5 Å². The van der Waals surface area contributed by atoms with E-state index in [0.29, 0.717) is 5.92 Å². The quantitative estimate of drug-likeness (QED) is 0.168. The molecule has 0 atom stereocenters. The first-order chi connectivity index (χ1) is 20.4. The summed E-state index contributed by atoms with van der Waals surface area (Å²) in [7, 11) is 4.13. The lowest BCUT2D eigenvalue weighted by molar-refractivity contribution is 0.271. The molecule has 0 radical (unpaired) electrons. The Bertz CT molecular complexity index is 1960. The molecule has 0 saturated carbocycles. The van der Waals surface area contributed by atoms with Gasteiger partial charge in [-0.05, 0) is 77.7 Å². The fourth-order valence-corrected chi connectivity index (χ4v) is 8.75. The van der Waals surface area contributed by atoms with E-state index < -0.39 is 0 Å². The smallest absolute Gasteiger partial charge is 0.132 e. The molecule has 0 fully saturated rings. The Morgan fingerprint density at radius 3 is 2.10 bits per heavy atom. The molecule has 0 aliphatic carbocycles. The number of pyridine rings is 1. The SMILES string of the molecule is CC(C)COc1ccc(-c2ccc(-c3cnc(-c4cc5sc(-c6ccc(N(C)C)cc6)cc5s4)c4nsnc34)s2)cc1. The van der Waals surface area contributed by atoms with E-state index in [1.807, 2.05) is 29.7 Å². The summed E-state index contributed by atoms with van der Waals surface area (Å²) in [4.78, 5) is 11.8. The van der Waals surface area contributed by atoms with Crippen molar-refractivity contribution in [3.05, 3.63) is 79.0 Å². The molecule has 2 aromatic carbocycles. The molecular weight excluding hydrogens is 597 g/mol. The highest BCUT2D eigenvalue weighted by molar-refractivity contribution is 7.31. The number of hydrogen-bond acceptors (Lipinski definition) is 9. The number of nitrogens with zero attached hydrogens (tertiary/aromatic N) is 4. The van der Waals surface area contributed by atoms with E-state index in [9.17, 15) is 0 Å². The molecule has 7 aromatic rings. The van der Waals surface area contributed by atoms with E-state index in [2.05, 4.69) is 93.5 Å². The number of ether oxygens (including phenoxy) is 1. The molecule has 0 bridgehead atoms. The Balaban J connectivity index is 1.16. The highest BCUT2D eigenvalue weighted by Gasteiger charge is 2.19. The van der Waals surface area contributed by atoms with E-state index in [4.69, 9.17) is 18.5 Å². The second-order valence-corrected chi connectivity index (χ2v) is 14.5. The molecular formula is C33H28N4OS4. The van der Waals surface area contributed by atoms with Crippen molar-refractivity contribution in [2.24, 2.45) is 5.92 Å². The summed E-state index contributed by atoms with van der Waals surface area (Å²) in [5, 5.41) is 0. The van der Waals surface area contributed by atoms with Crippen LogP contribution >= 0.6 is 45.7 Å². The van der Waals surface area contributed by atoms with Crippen molar-refractivity contribution in [3.8, 4) is 47.6 Å². The maximum absolute atomic E-state index is 5.85. The minimum atomic E-state index is 0.502. The zero-order valence-electron chi connectivity index (χ0n) is 23.6. The van der Waals surface area contributed by atoms with E-state index in [-0.39, 0.29) is 0 Å². The van der Waals surface area contributed by atoms with Crippen LogP contribution in [0.4, 0.5) is 5.69 Å². The number of thiophene rings is 3. The molecule has 0 N–H and O–H groups in total. The standard InChI is InChI=1S/C33H28N4OS4/c1-19(2)18-38-23-11-7-20(8-12-23)25-13-14-26(39-25)24-17-34-32(33-31(24)35-42-36-33)30-16-29-28(41-30)15-27(40-29)21-5-9-22(10-6-21)37(3)4/h5-17,19H,18H2,1-4H3. The molecule has 0 spiro atoms. The molecule has 5 nitrogen and oxygen atoms in total. The second kappa shape index (κ2) is 11.2. The lowest BCUT2D eigenvalue weighted by atomic mass is 10.1. The molecule has 9 heteroatoms.